The van der Waals surface area contributed by atoms with E-state index in [4.69, 9.17) is 4.42 Å². The standard InChI is InChI=1S/C17H11BrO/c18-15-6-5-11-7-14(8-13(11)9-15)17-10-12-3-1-2-4-16(12)19-17/h1-6,8-10H,7H2. The molecule has 0 saturated heterocycles. The minimum atomic E-state index is 0.947. The van der Waals surface area contributed by atoms with E-state index in [-0.39, 0.29) is 0 Å². The summed E-state index contributed by atoms with van der Waals surface area (Å²) in [5.41, 5.74) is 4.85. The molecule has 1 nitrogen and oxygen atoms in total. The maximum Gasteiger partial charge on any atom is 0.134 e. The first-order valence-electron chi connectivity index (χ1n) is 6.27. The SMILES string of the molecule is Brc1ccc2c(c1)C=C(c1cc3ccccc3o1)C2. The Morgan fingerprint density at radius 2 is 1.89 bits per heavy atom. The zero-order chi connectivity index (χ0) is 12.8. The van der Waals surface area contributed by atoms with Crippen molar-refractivity contribution in [1.29, 1.82) is 0 Å². The average Bonchev–Trinajstić information content (AvgIpc) is 3.00. The molecule has 1 aliphatic rings. The van der Waals surface area contributed by atoms with Crippen molar-refractivity contribution in [2.45, 2.75) is 6.42 Å². The number of hydrogen-bond acceptors (Lipinski definition) is 1. The fourth-order valence-electron chi connectivity index (χ4n) is 2.60. The van der Waals surface area contributed by atoms with Gasteiger partial charge in [-0.2, -0.15) is 0 Å². The molecule has 19 heavy (non-hydrogen) atoms. The van der Waals surface area contributed by atoms with E-state index >= 15 is 0 Å². The van der Waals surface area contributed by atoms with Crippen LogP contribution in [0.25, 0.3) is 22.6 Å². The molecule has 1 aliphatic carbocycles. The molecule has 0 amide bonds. The molecule has 0 saturated carbocycles. The maximum absolute atomic E-state index is 5.93. The van der Waals surface area contributed by atoms with Crippen LogP contribution in [0.5, 0.6) is 0 Å². The largest absolute Gasteiger partial charge is 0.456 e. The number of halogens is 1. The van der Waals surface area contributed by atoms with Crippen molar-refractivity contribution < 1.29 is 4.42 Å². The van der Waals surface area contributed by atoms with Gasteiger partial charge in [-0.1, -0.05) is 40.2 Å². The van der Waals surface area contributed by atoms with Gasteiger partial charge in [-0.3, -0.25) is 0 Å². The second-order valence-electron chi connectivity index (χ2n) is 4.84. The molecule has 0 N–H and O–H groups in total. The molecule has 3 aromatic rings. The summed E-state index contributed by atoms with van der Waals surface area (Å²) in [5, 5.41) is 1.16. The average molecular weight is 311 g/mol. The Balaban J connectivity index is 1.80. The normalized spacial score (nSPS) is 13.6. The van der Waals surface area contributed by atoms with Gasteiger partial charge in [0.2, 0.25) is 0 Å². The maximum atomic E-state index is 5.93. The van der Waals surface area contributed by atoms with Crippen LogP contribution >= 0.6 is 15.9 Å². The summed E-state index contributed by atoms with van der Waals surface area (Å²) in [5.74, 6) is 0.980. The van der Waals surface area contributed by atoms with Gasteiger partial charge in [-0.05, 0) is 47.0 Å². The fraction of sp³-hybridized carbons (Fsp3) is 0.0588. The Labute approximate surface area is 119 Å². The number of hydrogen-bond donors (Lipinski definition) is 0. The van der Waals surface area contributed by atoms with Crippen molar-refractivity contribution in [3.05, 3.63) is 69.9 Å². The van der Waals surface area contributed by atoms with Crippen molar-refractivity contribution >= 4 is 38.5 Å². The third-order valence-corrected chi connectivity index (χ3v) is 4.05. The van der Waals surface area contributed by atoms with Crippen molar-refractivity contribution in [1.82, 2.24) is 0 Å². The highest BCUT2D eigenvalue weighted by Crippen LogP contribution is 2.35. The third kappa shape index (κ3) is 1.83. The first-order chi connectivity index (χ1) is 9.29. The Morgan fingerprint density at radius 1 is 1.00 bits per heavy atom. The van der Waals surface area contributed by atoms with Crippen LogP contribution in [0.4, 0.5) is 0 Å². The zero-order valence-electron chi connectivity index (χ0n) is 10.2. The summed E-state index contributed by atoms with van der Waals surface area (Å²) in [6.07, 6.45) is 3.17. The van der Waals surface area contributed by atoms with Crippen LogP contribution in [0, 0.1) is 0 Å². The first kappa shape index (κ1) is 11.1. The molecule has 0 aliphatic heterocycles. The highest BCUT2D eigenvalue weighted by molar-refractivity contribution is 9.10. The van der Waals surface area contributed by atoms with E-state index in [9.17, 15) is 0 Å². The van der Waals surface area contributed by atoms with Gasteiger partial charge in [-0.25, -0.2) is 0 Å². The van der Waals surface area contributed by atoms with Crippen molar-refractivity contribution in [3.63, 3.8) is 0 Å². The Morgan fingerprint density at radius 3 is 2.79 bits per heavy atom. The van der Waals surface area contributed by atoms with Crippen molar-refractivity contribution in [2.24, 2.45) is 0 Å². The van der Waals surface area contributed by atoms with E-state index in [2.05, 4.69) is 52.3 Å². The van der Waals surface area contributed by atoms with Gasteiger partial charge in [0.15, 0.2) is 0 Å². The molecule has 0 spiro atoms. The fourth-order valence-corrected chi connectivity index (χ4v) is 2.98. The van der Waals surface area contributed by atoms with Crippen molar-refractivity contribution in [2.75, 3.05) is 0 Å². The summed E-state index contributed by atoms with van der Waals surface area (Å²) >= 11 is 3.52. The Bertz CT molecular complexity index is 778. The van der Waals surface area contributed by atoms with E-state index in [1.54, 1.807) is 0 Å². The lowest BCUT2D eigenvalue weighted by molar-refractivity contribution is 0.598. The van der Waals surface area contributed by atoms with E-state index in [1.807, 2.05) is 18.2 Å². The van der Waals surface area contributed by atoms with Gasteiger partial charge < -0.3 is 4.42 Å². The smallest absolute Gasteiger partial charge is 0.134 e. The lowest BCUT2D eigenvalue weighted by Crippen LogP contribution is -1.83. The molecule has 4 rings (SSSR count). The van der Waals surface area contributed by atoms with E-state index in [0.29, 0.717) is 0 Å². The van der Waals surface area contributed by atoms with E-state index < -0.39 is 0 Å². The molecule has 1 aromatic heterocycles. The third-order valence-electron chi connectivity index (χ3n) is 3.56. The molecular formula is C17H11BrO. The Kier molecular flexibility index (Phi) is 2.39. The van der Waals surface area contributed by atoms with Gasteiger partial charge in [0, 0.05) is 16.3 Å². The monoisotopic (exact) mass is 310 g/mol. The summed E-state index contributed by atoms with van der Waals surface area (Å²) < 4.78 is 7.05. The van der Waals surface area contributed by atoms with Gasteiger partial charge in [-0.15, -0.1) is 0 Å². The first-order valence-corrected chi connectivity index (χ1v) is 7.07. The molecule has 0 bridgehead atoms. The van der Waals surface area contributed by atoms with Crippen LogP contribution in [-0.2, 0) is 6.42 Å². The van der Waals surface area contributed by atoms with E-state index in [0.717, 1.165) is 27.6 Å². The highest BCUT2D eigenvalue weighted by atomic mass is 79.9. The molecule has 0 fully saturated rings. The van der Waals surface area contributed by atoms with Crippen molar-refractivity contribution in [3.8, 4) is 0 Å². The van der Waals surface area contributed by atoms with Gasteiger partial charge >= 0.3 is 0 Å². The quantitative estimate of drug-likeness (QED) is 0.595. The lowest BCUT2D eigenvalue weighted by Gasteiger charge is -1.98. The molecule has 0 atom stereocenters. The van der Waals surface area contributed by atoms with Crippen LogP contribution in [0.2, 0.25) is 0 Å². The molecular weight excluding hydrogens is 300 g/mol. The van der Waals surface area contributed by atoms with Gasteiger partial charge in [0.05, 0.1) is 0 Å². The number of rotatable bonds is 1. The highest BCUT2D eigenvalue weighted by Gasteiger charge is 2.17. The minimum absolute atomic E-state index is 0.947. The van der Waals surface area contributed by atoms with Crippen LogP contribution in [-0.4, -0.2) is 0 Å². The number of allylic oxidation sites excluding steroid dienone is 1. The van der Waals surface area contributed by atoms with Crippen LogP contribution in [0.1, 0.15) is 16.9 Å². The summed E-state index contributed by atoms with van der Waals surface area (Å²) in [6.45, 7) is 0. The second-order valence-corrected chi connectivity index (χ2v) is 5.75. The summed E-state index contributed by atoms with van der Waals surface area (Å²) in [6, 6.07) is 16.7. The number of benzene rings is 2. The molecule has 0 radical (unpaired) electrons. The van der Waals surface area contributed by atoms with E-state index in [1.165, 1.54) is 16.7 Å². The van der Waals surface area contributed by atoms with Crippen LogP contribution < -0.4 is 0 Å². The summed E-state index contributed by atoms with van der Waals surface area (Å²) in [7, 11) is 0. The number of fused-ring (bicyclic) bond motifs is 2. The predicted molar refractivity (Wildman–Crippen MR) is 81.9 cm³/mol. The summed E-state index contributed by atoms with van der Waals surface area (Å²) in [4.78, 5) is 0. The molecule has 1 heterocycles. The zero-order valence-corrected chi connectivity index (χ0v) is 11.8. The Hall–Kier alpha value is -1.80. The lowest BCUT2D eigenvalue weighted by atomic mass is 10.1. The van der Waals surface area contributed by atoms with Gasteiger partial charge in [0.25, 0.3) is 0 Å². The minimum Gasteiger partial charge on any atom is -0.456 e. The molecule has 0 unspecified atom stereocenters. The molecule has 2 heteroatoms. The second kappa shape index (κ2) is 4.10. The molecule has 2 aromatic carbocycles. The number of para-hydroxylation sites is 1. The molecule has 92 valence electrons. The van der Waals surface area contributed by atoms with Crippen LogP contribution in [0.15, 0.2) is 57.4 Å². The van der Waals surface area contributed by atoms with Crippen LogP contribution in [0.3, 0.4) is 0 Å². The topological polar surface area (TPSA) is 13.1 Å². The predicted octanol–water partition coefficient (Wildman–Crippen LogP) is 5.29. The van der Waals surface area contributed by atoms with Gasteiger partial charge in [0.1, 0.15) is 11.3 Å². The number of furan rings is 1.